The quantitative estimate of drug-likeness (QED) is 0.753. The molecule has 0 saturated heterocycles. The van der Waals surface area contributed by atoms with Gasteiger partial charge in [0, 0.05) is 5.92 Å². The minimum Gasteiger partial charge on any atom is -0.296 e. The third kappa shape index (κ3) is 1.54. The summed E-state index contributed by atoms with van der Waals surface area (Å²) in [5.41, 5.74) is 1.27. The summed E-state index contributed by atoms with van der Waals surface area (Å²) >= 11 is 12.9. The van der Waals surface area contributed by atoms with Crippen molar-refractivity contribution in [3.63, 3.8) is 0 Å². The number of carbonyl (C=O) groups is 1. The number of Topliss-reactive ketones (excluding diaryl/α,β-unsaturated/α-hetero) is 1. The van der Waals surface area contributed by atoms with Crippen molar-refractivity contribution in [1.29, 1.82) is 0 Å². The number of carbonyl (C=O) groups excluding carboxylic acids is 1. The second-order valence-electron chi connectivity index (χ2n) is 5.20. The normalized spacial score (nSPS) is 23.1. The van der Waals surface area contributed by atoms with Crippen molar-refractivity contribution in [1.82, 2.24) is 0 Å². The van der Waals surface area contributed by atoms with Gasteiger partial charge in [-0.05, 0) is 11.1 Å². The monoisotopic (exact) mass is 304 g/mol. The summed E-state index contributed by atoms with van der Waals surface area (Å²) in [7, 11) is 0. The minimum atomic E-state index is -1.42. The molecule has 0 aromatic heterocycles. The number of benzene rings is 2. The van der Waals surface area contributed by atoms with E-state index in [2.05, 4.69) is 0 Å². The molecule has 0 radical (unpaired) electrons. The molecule has 2 aromatic rings. The Labute approximate surface area is 128 Å². The van der Waals surface area contributed by atoms with Crippen LogP contribution < -0.4 is 0 Å². The lowest BCUT2D eigenvalue weighted by Crippen LogP contribution is -2.68. The third-order valence-electron chi connectivity index (χ3n) is 4.31. The largest absolute Gasteiger partial charge is 0.296 e. The standard InChI is InChI=1S/C17H14Cl2O/c1-12-15(20)17(18,19)16(12,13-8-4-2-5-9-13)14-10-6-3-7-11-14/h2-12H,1H3. The van der Waals surface area contributed by atoms with E-state index >= 15 is 0 Å². The number of ketones is 1. The van der Waals surface area contributed by atoms with Gasteiger partial charge in [0.05, 0.1) is 5.41 Å². The highest BCUT2D eigenvalue weighted by molar-refractivity contribution is 6.62. The first kappa shape index (κ1) is 13.7. The van der Waals surface area contributed by atoms with Gasteiger partial charge in [-0.25, -0.2) is 0 Å². The summed E-state index contributed by atoms with van der Waals surface area (Å²) in [4.78, 5) is 12.2. The molecular weight excluding hydrogens is 291 g/mol. The molecule has 0 spiro atoms. The predicted molar refractivity (Wildman–Crippen MR) is 82.3 cm³/mol. The third-order valence-corrected chi connectivity index (χ3v) is 5.27. The first-order valence-corrected chi connectivity index (χ1v) is 7.31. The summed E-state index contributed by atoms with van der Waals surface area (Å²) < 4.78 is -1.42. The number of rotatable bonds is 2. The zero-order chi connectivity index (χ0) is 14.4. The molecule has 1 nitrogen and oxygen atoms in total. The molecule has 102 valence electrons. The van der Waals surface area contributed by atoms with Crippen LogP contribution >= 0.6 is 23.2 Å². The van der Waals surface area contributed by atoms with E-state index in [1.54, 1.807) is 0 Å². The minimum absolute atomic E-state index is 0.117. The maximum Gasteiger partial charge on any atom is 0.190 e. The van der Waals surface area contributed by atoms with Crippen molar-refractivity contribution in [2.45, 2.75) is 16.7 Å². The summed E-state index contributed by atoms with van der Waals surface area (Å²) in [6.45, 7) is 1.89. The van der Waals surface area contributed by atoms with Crippen molar-refractivity contribution in [3.8, 4) is 0 Å². The molecule has 1 aliphatic carbocycles. The molecule has 0 N–H and O–H groups in total. The Morgan fingerprint density at radius 1 is 0.850 bits per heavy atom. The number of hydrogen-bond acceptors (Lipinski definition) is 1. The average molecular weight is 305 g/mol. The van der Waals surface area contributed by atoms with E-state index in [1.807, 2.05) is 67.6 Å². The van der Waals surface area contributed by atoms with Gasteiger partial charge < -0.3 is 0 Å². The summed E-state index contributed by atoms with van der Waals surface area (Å²) in [6, 6.07) is 19.6. The molecule has 1 unspecified atom stereocenters. The maximum atomic E-state index is 12.2. The van der Waals surface area contributed by atoms with Gasteiger partial charge in [0.2, 0.25) is 0 Å². The lowest BCUT2D eigenvalue weighted by Gasteiger charge is -2.56. The Hall–Kier alpha value is -1.31. The summed E-state index contributed by atoms with van der Waals surface area (Å²) in [5.74, 6) is -0.365. The fourth-order valence-electron chi connectivity index (χ4n) is 3.29. The maximum absolute atomic E-state index is 12.2. The topological polar surface area (TPSA) is 17.1 Å². The van der Waals surface area contributed by atoms with Crippen LogP contribution in [0.5, 0.6) is 0 Å². The van der Waals surface area contributed by atoms with Gasteiger partial charge in [-0.3, -0.25) is 4.79 Å². The van der Waals surface area contributed by atoms with E-state index in [0.29, 0.717) is 0 Å². The van der Waals surface area contributed by atoms with Crippen LogP contribution in [0.2, 0.25) is 0 Å². The Balaban J connectivity index is 2.28. The lowest BCUT2D eigenvalue weighted by atomic mass is 9.52. The molecule has 0 aliphatic heterocycles. The van der Waals surface area contributed by atoms with Crippen LogP contribution in [0.15, 0.2) is 60.7 Å². The summed E-state index contributed by atoms with van der Waals surface area (Å²) in [5, 5.41) is 0. The first-order valence-electron chi connectivity index (χ1n) is 6.56. The molecule has 1 atom stereocenters. The van der Waals surface area contributed by atoms with Gasteiger partial charge >= 0.3 is 0 Å². The molecule has 20 heavy (non-hydrogen) atoms. The highest BCUT2D eigenvalue weighted by atomic mass is 35.5. The second-order valence-corrected chi connectivity index (χ2v) is 6.53. The fourth-order valence-corrected chi connectivity index (χ4v) is 4.38. The van der Waals surface area contributed by atoms with Gasteiger partial charge in [0.15, 0.2) is 10.1 Å². The molecule has 1 aliphatic rings. The van der Waals surface area contributed by atoms with Gasteiger partial charge in [0.25, 0.3) is 0 Å². The highest BCUT2D eigenvalue weighted by Gasteiger charge is 2.71. The Bertz CT molecular complexity index is 595. The highest BCUT2D eigenvalue weighted by Crippen LogP contribution is 2.62. The summed E-state index contributed by atoms with van der Waals surface area (Å²) in [6.07, 6.45) is 0. The van der Waals surface area contributed by atoms with E-state index in [0.717, 1.165) is 11.1 Å². The van der Waals surface area contributed by atoms with Crippen LogP contribution in [0, 0.1) is 5.92 Å². The SMILES string of the molecule is CC1C(=O)C(Cl)(Cl)C1(c1ccccc1)c1ccccc1. The second kappa shape index (κ2) is 4.61. The van der Waals surface area contributed by atoms with E-state index in [1.165, 1.54) is 0 Å². The lowest BCUT2D eigenvalue weighted by molar-refractivity contribution is -0.135. The van der Waals surface area contributed by atoms with Crippen LogP contribution in [0.4, 0.5) is 0 Å². The molecule has 2 aromatic carbocycles. The molecular formula is C17H14Cl2O. The Morgan fingerprint density at radius 2 is 1.25 bits per heavy atom. The van der Waals surface area contributed by atoms with Crippen molar-refractivity contribution in [2.75, 3.05) is 0 Å². The van der Waals surface area contributed by atoms with Gasteiger partial charge in [-0.1, -0.05) is 90.8 Å². The van der Waals surface area contributed by atoms with Gasteiger partial charge in [-0.2, -0.15) is 0 Å². The van der Waals surface area contributed by atoms with E-state index in [-0.39, 0.29) is 11.7 Å². The van der Waals surface area contributed by atoms with Crippen molar-refractivity contribution in [2.24, 2.45) is 5.92 Å². The van der Waals surface area contributed by atoms with Gasteiger partial charge in [0.1, 0.15) is 0 Å². The molecule has 3 heteroatoms. The van der Waals surface area contributed by atoms with Crippen LogP contribution in [0.3, 0.4) is 0 Å². The molecule has 3 rings (SSSR count). The number of halogens is 2. The smallest absolute Gasteiger partial charge is 0.190 e. The number of hydrogen-bond donors (Lipinski definition) is 0. The predicted octanol–water partition coefficient (Wildman–Crippen LogP) is 4.37. The first-order chi connectivity index (χ1) is 9.53. The van der Waals surface area contributed by atoms with Crippen LogP contribution in [-0.2, 0) is 10.2 Å². The molecule has 1 saturated carbocycles. The van der Waals surface area contributed by atoms with Crippen molar-refractivity contribution < 1.29 is 4.79 Å². The Kier molecular flexibility index (Phi) is 3.15. The molecule has 0 amide bonds. The van der Waals surface area contributed by atoms with Crippen molar-refractivity contribution in [3.05, 3.63) is 71.8 Å². The van der Waals surface area contributed by atoms with Crippen LogP contribution in [0.1, 0.15) is 18.1 Å². The van der Waals surface area contributed by atoms with E-state index < -0.39 is 9.75 Å². The molecule has 1 fully saturated rings. The molecule has 0 heterocycles. The van der Waals surface area contributed by atoms with E-state index in [4.69, 9.17) is 23.2 Å². The molecule has 0 bridgehead atoms. The Morgan fingerprint density at radius 3 is 1.60 bits per heavy atom. The van der Waals surface area contributed by atoms with Crippen LogP contribution in [0.25, 0.3) is 0 Å². The van der Waals surface area contributed by atoms with Crippen molar-refractivity contribution >= 4 is 29.0 Å². The van der Waals surface area contributed by atoms with E-state index in [9.17, 15) is 4.79 Å². The zero-order valence-electron chi connectivity index (χ0n) is 11.0. The number of alkyl halides is 2. The fraction of sp³-hybridized carbons (Fsp3) is 0.235. The zero-order valence-corrected chi connectivity index (χ0v) is 12.5. The average Bonchev–Trinajstić information content (AvgIpc) is 2.49. The van der Waals surface area contributed by atoms with Gasteiger partial charge in [-0.15, -0.1) is 0 Å². The van der Waals surface area contributed by atoms with Crippen LogP contribution in [-0.4, -0.2) is 10.1 Å².